The lowest BCUT2D eigenvalue weighted by atomic mass is 10.2. The molecule has 0 radical (unpaired) electrons. The Morgan fingerprint density at radius 1 is 1.37 bits per heavy atom. The Balaban J connectivity index is 2.09. The lowest BCUT2D eigenvalue weighted by Crippen LogP contribution is -2.17. The summed E-state index contributed by atoms with van der Waals surface area (Å²) in [5, 5.41) is 11.3. The van der Waals surface area contributed by atoms with Gasteiger partial charge in [0.2, 0.25) is 0 Å². The summed E-state index contributed by atoms with van der Waals surface area (Å²) in [6.45, 7) is 1.22. The first-order valence-corrected chi connectivity index (χ1v) is 6.06. The van der Waals surface area contributed by atoms with Crippen molar-refractivity contribution in [2.24, 2.45) is 0 Å². The lowest BCUT2D eigenvalue weighted by molar-refractivity contribution is -0.384. The van der Waals surface area contributed by atoms with E-state index in [4.69, 9.17) is 16.0 Å². The molecule has 0 saturated heterocycles. The summed E-state index contributed by atoms with van der Waals surface area (Å²) in [6.07, 6.45) is 3.29. The van der Waals surface area contributed by atoms with Crippen LogP contribution >= 0.6 is 11.6 Å². The van der Waals surface area contributed by atoms with E-state index in [1.165, 1.54) is 12.1 Å². The van der Waals surface area contributed by atoms with Crippen molar-refractivity contribution in [3.05, 3.63) is 63.1 Å². The van der Waals surface area contributed by atoms with Gasteiger partial charge < -0.3 is 4.42 Å². The quantitative estimate of drug-likeness (QED) is 0.621. The highest BCUT2D eigenvalue weighted by atomic mass is 35.5. The highest BCUT2D eigenvalue weighted by molar-refractivity contribution is 6.31. The maximum Gasteiger partial charge on any atom is 0.269 e. The summed E-state index contributed by atoms with van der Waals surface area (Å²) >= 11 is 6.06. The van der Waals surface area contributed by atoms with E-state index in [0.29, 0.717) is 18.1 Å². The van der Waals surface area contributed by atoms with Crippen molar-refractivity contribution < 1.29 is 9.34 Å². The summed E-state index contributed by atoms with van der Waals surface area (Å²) < 4.78 is 5.00. The number of halogens is 1. The first-order valence-electron chi connectivity index (χ1n) is 5.68. The zero-order valence-corrected chi connectivity index (χ0v) is 11.1. The van der Waals surface area contributed by atoms with Crippen LogP contribution in [0, 0.1) is 10.1 Å². The Morgan fingerprint density at radius 3 is 2.79 bits per heavy atom. The molecule has 6 heteroatoms. The number of hydrogen-bond acceptors (Lipinski definition) is 4. The van der Waals surface area contributed by atoms with Gasteiger partial charge in [-0.05, 0) is 24.7 Å². The van der Waals surface area contributed by atoms with Crippen LogP contribution in [0.15, 0.2) is 41.2 Å². The molecule has 0 amide bonds. The predicted molar refractivity (Wildman–Crippen MR) is 72.0 cm³/mol. The molecule has 0 unspecified atom stereocenters. The third kappa shape index (κ3) is 3.56. The standard InChI is InChI=1S/C13H13ClN2O3/c1-15(7-10-4-5-19-9-10)8-11-6-12(16(17)18)2-3-13(11)14/h2-6,9H,7-8H2,1H3. The molecular formula is C13H13ClN2O3. The largest absolute Gasteiger partial charge is 0.472 e. The van der Waals surface area contributed by atoms with Gasteiger partial charge in [0.25, 0.3) is 5.69 Å². The molecular weight excluding hydrogens is 268 g/mol. The van der Waals surface area contributed by atoms with Gasteiger partial charge in [0, 0.05) is 35.8 Å². The zero-order chi connectivity index (χ0) is 13.8. The van der Waals surface area contributed by atoms with Crippen LogP contribution in [0.1, 0.15) is 11.1 Å². The number of non-ortho nitro benzene ring substituents is 1. The van der Waals surface area contributed by atoms with Crippen LogP contribution in [-0.2, 0) is 13.1 Å². The second-order valence-electron chi connectivity index (χ2n) is 4.34. The van der Waals surface area contributed by atoms with Gasteiger partial charge in [0.05, 0.1) is 17.4 Å². The Hall–Kier alpha value is -1.85. The van der Waals surface area contributed by atoms with E-state index in [0.717, 1.165) is 11.1 Å². The van der Waals surface area contributed by atoms with Crippen molar-refractivity contribution in [3.63, 3.8) is 0 Å². The van der Waals surface area contributed by atoms with Gasteiger partial charge in [0.15, 0.2) is 0 Å². The molecule has 0 saturated carbocycles. The molecule has 0 bridgehead atoms. The van der Waals surface area contributed by atoms with Gasteiger partial charge >= 0.3 is 0 Å². The van der Waals surface area contributed by atoms with Crippen molar-refractivity contribution >= 4 is 17.3 Å². The molecule has 19 heavy (non-hydrogen) atoms. The first-order chi connectivity index (χ1) is 9.06. The SMILES string of the molecule is CN(Cc1ccoc1)Cc1cc([N+](=O)[O-])ccc1Cl. The molecule has 1 aromatic heterocycles. The third-order valence-electron chi connectivity index (χ3n) is 2.71. The van der Waals surface area contributed by atoms with Gasteiger partial charge in [-0.25, -0.2) is 0 Å². The fourth-order valence-corrected chi connectivity index (χ4v) is 2.01. The van der Waals surface area contributed by atoms with Gasteiger partial charge in [-0.2, -0.15) is 0 Å². The van der Waals surface area contributed by atoms with Crippen LogP contribution in [-0.4, -0.2) is 16.9 Å². The van der Waals surface area contributed by atoms with E-state index in [-0.39, 0.29) is 5.69 Å². The van der Waals surface area contributed by atoms with Crippen molar-refractivity contribution in [2.75, 3.05) is 7.05 Å². The number of benzene rings is 1. The van der Waals surface area contributed by atoms with Crippen LogP contribution in [0.25, 0.3) is 0 Å². The number of furan rings is 1. The first kappa shape index (κ1) is 13.6. The second kappa shape index (κ2) is 5.86. The Labute approximate surface area is 115 Å². The fraction of sp³-hybridized carbons (Fsp3) is 0.231. The van der Waals surface area contributed by atoms with Crippen molar-refractivity contribution in [1.29, 1.82) is 0 Å². The van der Waals surface area contributed by atoms with E-state index < -0.39 is 4.92 Å². The maximum absolute atomic E-state index is 10.7. The molecule has 100 valence electrons. The van der Waals surface area contributed by atoms with Crippen LogP contribution in [0.5, 0.6) is 0 Å². The summed E-state index contributed by atoms with van der Waals surface area (Å²) in [5.74, 6) is 0. The number of nitrogens with zero attached hydrogens (tertiary/aromatic N) is 2. The van der Waals surface area contributed by atoms with Gasteiger partial charge in [-0.15, -0.1) is 0 Å². The van der Waals surface area contributed by atoms with E-state index >= 15 is 0 Å². The highest BCUT2D eigenvalue weighted by Crippen LogP contribution is 2.23. The van der Waals surface area contributed by atoms with E-state index in [1.54, 1.807) is 18.6 Å². The average Bonchev–Trinajstić information content (AvgIpc) is 2.84. The number of hydrogen-bond donors (Lipinski definition) is 0. The average molecular weight is 281 g/mol. The molecule has 0 aliphatic heterocycles. The molecule has 5 nitrogen and oxygen atoms in total. The molecule has 1 heterocycles. The van der Waals surface area contributed by atoms with Crippen LogP contribution in [0.3, 0.4) is 0 Å². The molecule has 0 fully saturated rings. The Morgan fingerprint density at radius 2 is 2.16 bits per heavy atom. The monoisotopic (exact) mass is 280 g/mol. The Kier molecular flexibility index (Phi) is 4.19. The minimum Gasteiger partial charge on any atom is -0.472 e. The van der Waals surface area contributed by atoms with Crippen LogP contribution in [0.4, 0.5) is 5.69 Å². The molecule has 2 aromatic rings. The van der Waals surface area contributed by atoms with Crippen molar-refractivity contribution in [2.45, 2.75) is 13.1 Å². The number of nitro groups is 1. The van der Waals surface area contributed by atoms with Crippen LogP contribution < -0.4 is 0 Å². The van der Waals surface area contributed by atoms with Crippen molar-refractivity contribution in [3.8, 4) is 0 Å². The summed E-state index contributed by atoms with van der Waals surface area (Å²) in [4.78, 5) is 12.3. The fourth-order valence-electron chi connectivity index (χ4n) is 1.84. The lowest BCUT2D eigenvalue weighted by Gasteiger charge is -2.16. The van der Waals surface area contributed by atoms with Gasteiger partial charge in [-0.1, -0.05) is 11.6 Å². The molecule has 0 N–H and O–H groups in total. The van der Waals surface area contributed by atoms with Gasteiger partial charge in [0.1, 0.15) is 0 Å². The van der Waals surface area contributed by atoms with Crippen molar-refractivity contribution in [1.82, 2.24) is 4.90 Å². The number of rotatable bonds is 5. The molecule has 0 aliphatic carbocycles. The molecule has 0 spiro atoms. The summed E-state index contributed by atoms with van der Waals surface area (Å²) in [5.41, 5.74) is 1.84. The minimum absolute atomic E-state index is 0.0520. The minimum atomic E-state index is -0.421. The summed E-state index contributed by atoms with van der Waals surface area (Å²) in [7, 11) is 1.92. The topological polar surface area (TPSA) is 59.5 Å². The molecule has 1 aromatic carbocycles. The van der Waals surface area contributed by atoms with E-state index in [9.17, 15) is 10.1 Å². The van der Waals surface area contributed by atoms with Gasteiger partial charge in [-0.3, -0.25) is 15.0 Å². The van der Waals surface area contributed by atoms with E-state index in [1.807, 2.05) is 18.0 Å². The third-order valence-corrected chi connectivity index (χ3v) is 3.08. The maximum atomic E-state index is 10.7. The normalized spacial score (nSPS) is 10.9. The number of nitro benzene ring substituents is 1. The van der Waals surface area contributed by atoms with E-state index in [2.05, 4.69) is 0 Å². The predicted octanol–water partition coefficient (Wildman–Crippen LogP) is 3.47. The molecule has 0 aliphatic rings. The second-order valence-corrected chi connectivity index (χ2v) is 4.74. The summed E-state index contributed by atoms with van der Waals surface area (Å²) in [6, 6.07) is 6.35. The molecule has 0 atom stereocenters. The zero-order valence-electron chi connectivity index (χ0n) is 10.4. The molecule has 2 rings (SSSR count). The van der Waals surface area contributed by atoms with Crippen LogP contribution in [0.2, 0.25) is 5.02 Å². The Bertz CT molecular complexity index is 569. The highest BCUT2D eigenvalue weighted by Gasteiger charge is 2.11. The smallest absolute Gasteiger partial charge is 0.269 e.